The maximum atomic E-state index is 11.7. The summed E-state index contributed by atoms with van der Waals surface area (Å²) in [6.07, 6.45) is 1.89. The van der Waals surface area contributed by atoms with Crippen molar-refractivity contribution in [2.45, 2.75) is 31.8 Å². The van der Waals surface area contributed by atoms with Crippen molar-refractivity contribution in [2.24, 2.45) is 5.92 Å². The van der Waals surface area contributed by atoms with Crippen molar-refractivity contribution in [3.05, 3.63) is 20.8 Å². The summed E-state index contributed by atoms with van der Waals surface area (Å²) in [6.45, 7) is 0.483. The highest BCUT2D eigenvalue weighted by molar-refractivity contribution is 9.11. The van der Waals surface area contributed by atoms with Gasteiger partial charge in [-0.1, -0.05) is 0 Å². The number of carbonyl (C=O) groups excluding carboxylic acids is 1. The van der Waals surface area contributed by atoms with E-state index >= 15 is 0 Å². The summed E-state index contributed by atoms with van der Waals surface area (Å²) in [6, 6.07) is 3.62. The van der Waals surface area contributed by atoms with E-state index in [1.165, 1.54) is 0 Å². The highest BCUT2D eigenvalue weighted by Crippen LogP contribution is 2.25. The van der Waals surface area contributed by atoms with Crippen molar-refractivity contribution in [1.29, 1.82) is 0 Å². The van der Waals surface area contributed by atoms with E-state index in [1.54, 1.807) is 11.3 Å². The summed E-state index contributed by atoms with van der Waals surface area (Å²) in [5, 5.41) is 14.5. The molecule has 2 unspecified atom stereocenters. The second kappa shape index (κ2) is 6.38. The Morgan fingerprint density at radius 1 is 1.42 bits per heavy atom. The normalized spacial score (nSPS) is 22.2. The Bertz CT molecular complexity index is 477. The Balaban J connectivity index is 1.72. The molecule has 0 spiro atoms. The summed E-state index contributed by atoms with van der Waals surface area (Å²) in [5.74, 6) is -1.09. The molecule has 0 saturated heterocycles. The van der Waals surface area contributed by atoms with E-state index in [0.717, 1.165) is 15.1 Å². The molecule has 7 heteroatoms. The minimum Gasteiger partial charge on any atom is -0.481 e. The van der Waals surface area contributed by atoms with Crippen LogP contribution in [0.25, 0.3) is 0 Å². The van der Waals surface area contributed by atoms with E-state index < -0.39 is 5.97 Å². The fourth-order valence-corrected chi connectivity index (χ4v) is 3.61. The number of halogens is 1. The Labute approximate surface area is 123 Å². The topological polar surface area (TPSA) is 78.4 Å². The van der Waals surface area contributed by atoms with Crippen LogP contribution in [-0.2, 0) is 11.3 Å². The van der Waals surface area contributed by atoms with Gasteiger partial charge in [0.2, 0.25) is 0 Å². The number of thiophene rings is 1. The largest absolute Gasteiger partial charge is 0.481 e. The average molecular weight is 347 g/mol. The van der Waals surface area contributed by atoms with Crippen LogP contribution in [0.4, 0.5) is 4.79 Å². The molecule has 1 fully saturated rings. The highest BCUT2D eigenvalue weighted by Gasteiger charge is 2.30. The lowest BCUT2D eigenvalue weighted by Gasteiger charge is -2.13. The van der Waals surface area contributed by atoms with E-state index in [0.29, 0.717) is 19.4 Å². The predicted molar refractivity (Wildman–Crippen MR) is 76.2 cm³/mol. The molecule has 1 aromatic rings. The monoisotopic (exact) mass is 346 g/mol. The standard InChI is InChI=1S/C12H15BrN2O3S/c13-10-4-3-9(19-10)6-14-12(18)15-8-2-1-7(5-8)11(16)17/h3-4,7-8H,1-2,5-6H2,(H,16,17)(H2,14,15,18). The first-order valence-corrected chi connectivity index (χ1v) is 7.67. The number of amides is 2. The minimum absolute atomic E-state index is 0.0313. The molecule has 1 aromatic heterocycles. The van der Waals surface area contributed by atoms with Crippen LogP contribution in [0.5, 0.6) is 0 Å². The van der Waals surface area contributed by atoms with Crippen molar-refractivity contribution < 1.29 is 14.7 Å². The maximum absolute atomic E-state index is 11.7. The molecule has 5 nitrogen and oxygen atoms in total. The van der Waals surface area contributed by atoms with Gasteiger partial charge in [0.15, 0.2) is 0 Å². The molecule has 2 amide bonds. The number of aliphatic carboxylic acids is 1. The first kappa shape index (κ1) is 14.3. The molecular weight excluding hydrogens is 332 g/mol. The van der Waals surface area contributed by atoms with Crippen LogP contribution in [0.3, 0.4) is 0 Å². The van der Waals surface area contributed by atoms with Crippen LogP contribution >= 0.6 is 27.3 Å². The first-order chi connectivity index (χ1) is 9.04. The Hall–Kier alpha value is -1.08. The quantitative estimate of drug-likeness (QED) is 0.783. The van der Waals surface area contributed by atoms with E-state index in [4.69, 9.17) is 5.11 Å². The second-order valence-corrected chi connectivity index (χ2v) is 7.13. The van der Waals surface area contributed by atoms with Gasteiger partial charge in [0.1, 0.15) is 0 Å². The van der Waals surface area contributed by atoms with E-state index in [1.807, 2.05) is 12.1 Å². The molecular formula is C12H15BrN2O3S. The SMILES string of the molecule is O=C(NCc1ccc(Br)s1)NC1CCC(C(=O)O)C1. The molecule has 1 heterocycles. The number of carboxylic acid groups (broad SMARTS) is 1. The molecule has 2 atom stereocenters. The molecule has 1 aliphatic rings. The summed E-state index contributed by atoms with van der Waals surface area (Å²) < 4.78 is 1.03. The van der Waals surface area contributed by atoms with Crippen LogP contribution < -0.4 is 10.6 Å². The van der Waals surface area contributed by atoms with Crippen molar-refractivity contribution >= 4 is 39.3 Å². The number of carboxylic acids is 1. The summed E-state index contributed by atoms with van der Waals surface area (Å²) in [4.78, 5) is 23.6. The van der Waals surface area contributed by atoms with Gasteiger partial charge in [0.25, 0.3) is 0 Å². The number of carbonyl (C=O) groups is 2. The predicted octanol–water partition coefficient (Wildman–Crippen LogP) is 2.56. The van der Waals surface area contributed by atoms with Crippen molar-refractivity contribution in [3.63, 3.8) is 0 Å². The number of urea groups is 1. The minimum atomic E-state index is -0.770. The zero-order chi connectivity index (χ0) is 13.8. The molecule has 0 radical (unpaired) electrons. The van der Waals surface area contributed by atoms with Crippen LogP contribution in [0.15, 0.2) is 15.9 Å². The van der Waals surface area contributed by atoms with E-state index in [9.17, 15) is 9.59 Å². The van der Waals surface area contributed by atoms with Gasteiger partial charge in [-0.25, -0.2) is 4.79 Å². The second-order valence-electron chi connectivity index (χ2n) is 4.58. The van der Waals surface area contributed by atoms with Gasteiger partial charge in [-0.05, 0) is 47.3 Å². The fourth-order valence-electron chi connectivity index (χ4n) is 2.19. The van der Waals surface area contributed by atoms with E-state index in [2.05, 4.69) is 26.6 Å². The third-order valence-corrected chi connectivity index (χ3v) is 4.79. The smallest absolute Gasteiger partial charge is 0.315 e. The van der Waals surface area contributed by atoms with Crippen LogP contribution in [0.2, 0.25) is 0 Å². The summed E-state index contributed by atoms with van der Waals surface area (Å²) in [7, 11) is 0. The van der Waals surface area contributed by atoms with Gasteiger partial charge in [0.05, 0.1) is 16.2 Å². The number of rotatable bonds is 4. The third-order valence-electron chi connectivity index (χ3n) is 3.17. The van der Waals surface area contributed by atoms with Crippen LogP contribution in [0.1, 0.15) is 24.1 Å². The molecule has 104 valence electrons. The molecule has 1 aliphatic carbocycles. The van der Waals surface area contributed by atoms with E-state index in [-0.39, 0.29) is 18.0 Å². The molecule has 0 bridgehead atoms. The van der Waals surface area contributed by atoms with Crippen LogP contribution in [-0.4, -0.2) is 23.1 Å². The number of hydrogen-bond acceptors (Lipinski definition) is 3. The van der Waals surface area contributed by atoms with Gasteiger partial charge in [-0.2, -0.15) is 0 Å². The molecule has 0 aliphatic heterocycles. The van der Waals surface area contributed by atoms with Gasteiger partial charge in [-0.15, -0.1) is 11.3 Å². The highest BCUT2D eigenvalue weighted by atomic mass is 79.9. The van der Waals surface area contributed by atoms with Gasteiger partial charge in [-0.3, -0.25) is 4.79 Å². The number of hydrogen-bond donors (Lipinski definition) is 3. The summed E-state index contributed by atoms with van der Waals surface area (Å²) in [5.41, 5.74) is 0. The van der Waals surface area contributed by atoms with Crippen LogP contribution in [0, 0.1) is 5.92 Å². The first-order valence-electron chi connectivity index (χ1n) is 6.06. The zero-order valence-corrected chi connectivity index (χ0v) is 12.6. The lowest BCUT2D eigenvalue weighted by Crippen LogP contribution is -2.40. The molecule has 1 saturated carbocycles. The number of nitrogens with one attached hydrogen (secondary N) is 2. The van der Waals surface area contributed by atoms with Gasteiger partial charge >= 0.3 is 12.0 Å². The molecule has 19 heavy (non-hydrogen) atoms. The maximum Gasteiger partial charge on any atom is 0.315 e. The Morgan fingerprint density at radius 3 is 2.79 bits per heavy atom. The molecule has 0 aromatic carbocycles. The summed E-state index contributed by atoms with van der Waals surface area (Å²) >= 11 is 4.94. The third kappa shape index (κ3) is 4.21. The Morgan fingerprint density at radius 2 is 2.21 bits per heavy atom. The Kier molecular flexibility index (Phi) is 4.81. The molecule has 3 N–H and O–H groups in total. The van der Waals surface area contributed by atoms with Gasteiger partial charge in [0, 0.05) is 10.9 Å². The fraction of sp³-hybridized carbons (Fsp3) is 0.500. The van der Waals surface area contributed by atoms with Crippen molar-refractivity contribution in [2.75, 3.05) is 0 Å². The zero-order valence-electron chi connectivity index (χ0n) is 10.2. The molecule has 2 rings (SSSR count). The van der Waals surface area contributed by atoms with Crippen molar-refractivity contribution in [3.8, 4) is 0 Å². The lowest BCUT2D eigenvalue weighted by atomic mass is 10.1. The lowest BCUT2D eigenvalue weighted by molar-refractivity contribution is -0.141. The van der Waals surface area contributed by atoms with Crippen molar-refractivity contribution in [1.82, 2.24) is 10.6 Å². The van der Waals surface area contributed by atoms with Gasteiger partial charge < -0.3 is 15.7 Å². The average Bonchev–Trinajstić information content (AvgIpc) is 2.96.